The summed E-state index contributed by atoms with van der Waals surface area (Å²) in [6, 6.07) is 14.9. The number of benzene rings is 2. The van der Waals surface area contributed by atoms with Gasteiger partial charge in [-0.1, -0.05) is 30.3 Å². The van der Waals surface area contributed by atoms with E-state index in [-0.39, 0.29) is 6.54 Å². The first kappa shape index (κ1) is 21.2. The van der Waals surface area contributed by atoms with Gasteiger partial charge in [-0.15, -0.1) is 0 Å². The van der Waals surface area contributed by atoms with Crippen LogP contribution in [0.2, 0.25) is 0 Å². The molecule has 7 heteroatoms. The Balaban J connectivity index is 1.91. The molecule has 1 heterocycles. The summed E-state index contributed by atoms with van der Waals surface area (Å²) in [4.78, 5) is 16.8. The van der Waals surface area contributed by atoms with Gasteiger partial charge in [0.05, 0.1) is 6.04 Å². The Hall–Kier alpha value is -2.55. The lowest BCUT2D eigenvalue weighted by Crippen LogP contribution is -2.34. The van der Waals surface area contributed by atoms with Crippen LogP contribution in [0.3, 0.4) is 0 Å². The van der Waals surface area contributed by atoms with Gasteiger partial charge >= 0.3 is 6.09 Å². The van der Waals surface area contributed by atoms with Crippen molar-refractivity contribution < 1.29 is 9.53 Å². The largest absolute Gasteiger partial charge is 0.806 e. The van der Waals surface area contributed by atoms with Crippen LogP contribution in [-0.2, 0) is 4.74 Å². The summed E-state index contributed by atoms with van der Waals surface area (Å²) in [7, 11) is 0. The number of carbonyl (C=O) groups is 1. The molecule has 6 nitrogen and oxygen atoms in total. The van der Waals surface area contributed by atoms with Crippen LogP contribution in [0.15, 0.2) is 59.7 Å². The average Bonchev–Trinajstić information content (AvgIpc) is 2.97. The highest BCUT2D eigenvalue weighted by Gasteiger charge is 2.20. The number of hydrogen-bond acceptors (Lipinski definition) is 4. The number of aliphatic imine (C=N–C) groups is 1. The van der Waals surface area contributed by atoms with Crippen LogP contribution in [0.25, 0.3) is 10.9 Å². The number of amides is 1. The van der Waals surface area contributed by atoms with Crippen LogP contribution < -0.4 is 5.32 Å². The molecule has 152 valence electrons. The Morgan fingerprint density at radius 2 is 2.00 bits per heavy atom. The fraction of sp³-hybridized carbons (Fsp3) is 0.273. The van der Waals surface area contributed by atoms with E-state index in [1.807, 2.05) is 63.2 Å². The van der Waals surface area contributed by atoms with Gasteiger partial charge in [0.2, 0.25) is 0 Å². The third-order valence-electron chi connectivity index (χ3n) is 4.16. The SMILES string of the molecule is CC(C)(C)OC(=O)NCC(N=Cc1ccccc1)c1cn([O-])c2ccc(I)cc12. The number of nitrogens with one attached hydrogen (secondary N) is 1. The third kappa shape index (κ3) is 5.72. The van der Waals surface area contributed by atoms with Crippen LogP contribution in [0.4, 0.5) is 4.79 Å². The Kier molecular flexibility index (Phi) is 6.46. The Labute approximate surface area is 183 Å². The summed E-state index contributed by atoms with van der Waals surface area (Å²) in [5, 5.41) is 16.0. The van der Waals surface area contributed by atoms with Crippen LogP contribution in [0, 0.1) is 8.78 Å². The summed E-state index contributed by atoms with van der Waals surface area (Å²) in [6.45, 7) is 5.64. The number of aromatic nitrogens is 1. The molecule has 0 radical (unpaired) electrons. The molecule has 1 amide bonds. The van der Waals surface area contributed by atoms with Gasteiger partial charge < -0.3 is 20.0 Å². The summed E-state index contributed by atoms with van der Waals surface area (Å²) in [6.07, 6.45) is 2.77. The number of carbonyl (C=O) groups excluding carboxylic acids is 1. The van der Waals surface area contributed by atoms with Crippen LogP contribution in [0.5, 0.6) is 0 Å². The molecular weight excluding hydrogens is 481 g/mol. The van der Waals surface area contributed by atoms with Gasteiger partial charge in [-0.25, -0.2) is 4.79 Å². The highest BCUT2D eigenvalue weighted by Crippen LogP contribution is 2.29. The zero-order valence-electron chi connectivity index (χ0n) is 16.6. The third-order valence-corrected chi connectivity index (χ3v) is 4.84. The monoisotopic (exact) mass is 504 g/mol. The van der Waals surface area contributed by atoms with E-state index in [0.717, 1.165) is 24.8 Å². The van der Waals surface area contributed by atoms with Crippen molar-refractivity contribution in [2.24, 2.45) is 4.99 Å². The van der Waals surface area contributed by atoms with Crippen molar-refractivity contribution in [3.63, 3.8) is 0 Å². The number of halogens is 1. The smallest absolute Gasteiger partial charge is 0.407 e. The van der Waals surface area contributed by atoms with Gasteiger partial charge in [0.1, 0.15) is 5.60 Å². The molecule has 0 saturated carbocycles. The average molecular weight is 504 g/mol. The lowest BCUT2D eigenvalue weighted by Gasteiger charge is -2.21. The Morgan fingerprint density at radius 3 is 2.69 bits per heavy atom. The second-order valence-electron chi connectivity index (χ2n) is 7.66. The van der Waals surface area contributed by atoms with Crippen molar-refractivity contribution in [1.29, 1.82) is 0 Å². The summed E-state index contributed by atoms with van der Waals surface area (Å²) >= 11 is 2.22. The van der Waals surface area contributed by atoms with Crippen molar-refractivity contribution in [3.05, 3.63) is 74.6 Å². The molecule has 29 heavy (non-hydrogen) atoms. The van der Waals surface area contributed by atoms with Crippen molar-refractivity contribution >= 4 is 45.8 Å². The van der Waals surface area contributed by atoms with E-state index in [1.54, 1.807) is 12.3 Å². The molecule has 0 spiro atoms. The molecule has 1 aromatic heterocycles. The quantitative estimate of drug-likeness (QED) is 0.380. The molecule has 0 saturated heterocycles. The van der Waals surface area contributed by atoms with Crippen molar-refractivity contribution in [2.45, 2.75) is 32.4 Å². The normalized spacial score (nSPS) is 13.0. The zero-order valence-corrected chi connectivity index (χ0v) is 18.7. The first-order valence-electron chi connectivity index (χ1n) is 9.26. The Bertz CT molecular complexity index is 1020. The van der Waals surface area contributed by atoms with E-state index in [4.69, 9.17) is 4.74 Å². The van der Waals surface area contributed by atoms with E-state index in [1.165, 1.54) is 6.20 Å². The lowest BCUT2D eigenvalue weighted by molar-refractivity contribution is 0.0525. The van der Waals surface area contributed by atoms with Gasteiger partial charge in [-0.2, -0.15) is 0 Å². The van der Waals surface area contributed by atoms with Gasteiger partial charge in [0.15, 0.2) is 0 Å². The molecule has 1 unspecified atom stereocenters. The molecule has 2 aromatic carbocycles. The maximum atomic E-state index is 12.4. The topological polar surface area (TPSA) is 78.7 Å². The van der Waals surface area contributed by atoms with Crippen molar-refractivity contribution in [3.8, 4) is 0 Å². The molecule has 0 aliphatic rings. The Morgan fingerprint density at radius 1 is 1.28 bits per heavy atom. The van der Waals surface area contributed by atoms with Crippen LogP contribution in [-0.4, -0.2) is 29.2 Å². The lowest BCUT2D eigenvalue weighted by atomic mass is 10.1. The second kappa shape index (κ2) is 8.86. The zero-order chi connectivity index (χ0) is 21.0. The van der Waals surface area contributed by atoms with Crippen LogP contribution >= 0.6 is 22.6 Å². The van der Waals surface area contributed by atoms with Crippen molar-refractivity contribution in [1.82, 2.24) is 10.0 Å². The summed E-state index contributed by atoms with van der Waals surface area (Å²) in [5.74, 6) is 0. The van der Waals surface area contributed by atoms with E-state index in [9.17, 15) is 10.0 Å². The summed E-state index contributed by atoms with van der Waals surface area (Å²) < 4.78 is 7.20. The predicted octanol–water partition coefficient (Wildman–Crippen LogP) is 5.28. The molecule has 0 bridgehead atoms. The van der Waals surface area contributed by atoms with Crippen LogP contribution in [0.1, 0.15) is 37.9 Å². The highest BCUT2D eigenvalue weighted by atomic mass is 127. The van der Waals surface area contributed by atoms with E-state index in [0.29, 0.717) is 5.52 Å². The number of hydrogen-bond donors (Lipinski definition) is 1. The van der Waals surface area contributed by atoms with Gasteiger partial charge in [-0.05, 0) is 67.1 Å². The van der Waals surface area contributed by atoms with E-state index < -0.39 is 17.7 Å². The fourth-order valence-electron chi connectivity index (χ4n) is 2.91. The minimum absolute atomic E-state index is 0.211. The minimum Gasteiger partial charge on any atom is -0.806 e. The highest BCUT2D eigenvalue weighted by molar-refractivity contribution is 14.1. The second-order valence-corrected chi connectivity index (χ2v) is 8.90. The van der Waals surface area contributed by atoms with E-state index in [2.05, 4.69) is 32.9 Å². The minimum atomic E-state index is -0.589. The number of nitrogens with zero attached hydrogens (tertiary/aromatic N) is 2. The van der Waals surface area contributed by atoms with E-state index >= 15 is 0 Å². The molecule has 1 N–H and O–H groups in total. The number of fused-ring (bicyclic) bond motifs is 1. The number of rotatable bonds is 5. The first-order chi connectivity index (χ1) is 13.7. The first-order valence-corrected chi connectivity index (χ1v) is 10.3. The maximum Gasteiger partial charge on any atom is 0.407 e. The predicted molar refractivity (Wildman–Crippen MR) is 124 cm³/mol. The molecule has 3 rings (SSSR count). The molecule has 0 fully saturated rings. The molecule has 0 aliphatic carbocycles. The molecule has 1 atom stereocenters. The standard InChI is InChI=1S/C22H23IN3O3/c1-22(2,3)29-21(27)25-13-19(24-12-15-7-5-4-6-8-15)18-14-26(28)20-10-9-16(23)11-17(18)20/h4-12,14,19H,13H2,1-3H3,(H,25,27)/q-1. The van der Waals surface area contributed by atoms with Gasteiger partial charge in [0.25, 0.3) is 0 Å². The fourth-order valence-corrected chi connectivity index (χ4v) is 3.41. The molecule has 0 aliphatic heterocycles. The molecular formula is C22H23IN3O3-. The summed E-state index contributed by atoms with van der Waals surface area (Å²) in [5.41, 5.74) is 1.69. The number of ether oxygens (including phenoxy) is 1. The maximum absolute atomic E-state index is 12.4. The number of alkyl carbamates (subject to hydrolysis) is 1. The van der Waals surface area contributed by atoms with Crippen molar-refractivity contribution in [2.75, 3.05) is 6.54 Å². The van der Waals surface area contributed by atoms with Gasteiger partial charge in [0, 0.05) is 39.0 Å². The van der Waals surface area contributed by atoms with Gasteiger partial charge in [-0.3, -0.25) is 4.99 Å². The molecule has 3 aromatic rings.